The zero-order valence-corrected chi connectivity index (χ0v) is 14.4. The summed E-state index contributed by atoms with van der Waals surface area (Å²) < 4.78 is 42.7. The molecule has 0 aliphatic carbocycles. The van der Waals surface area contributed by atoms with E-state index in [1.54, 1.807) is 7.11 Å². The van der Waals surface area contributed by atoms with Gasteiger partial charge in [0.15, 0.2) is 6.61 Å². The summed E-state index contributed by atoms with van der Waals surface area (Å²) in [6, 6.07) is 2.77. The Morgan fingerprint density at radius 2 is 2.04 bits per heavy atom. The third kappa shape index (κ3) is 4.57. The Balaban J connectivity index is 2.10. The molecule has 1 aromatic rings. The molecule has 1 aliphatic rings. The van der Waals surface area contributed by atoms with Gasteiger partial charge in [0, 0.05) is 38.9 Å². The summed E-state index contributed by atoms with van der Waals surface area (Å²) in [5.41, 5.74) is 0.378. The fourth-order valence-corrected chi connectivity index (χ4v) is 3.30. The molecule has 24 heavy (non-hydrogen) atoms. The lowest BCUT2D eigenvalue weighted by Crippen LogP contribution is -2.33. The van der Waals surface area contributed by atoms with Gasteiger partial charge in [-0.15, -0.1) is 0 Å². The Hall–Kier alpha value is -1.88. The Kier molecular flexibility index (Phi) is 6.37. The van der Waals surface area contributed by atoms with Crippen LogP contribution in [0.4, 0.5) is 5.69 Å². The van der Waals surface area contributed by atoms with Crippen molar-refractivity contribution in [3.8, 4) is 11.5 Å². The van der Waals surface area contributed by atoms with Gasteiger partial charge < -0.3 is 24.8 Å². The number of rotatable bonds is 9. The normalized spacial score (nSPS) is 13.8. The van der Waals surface area contributed by atoms with Crippen molar-refractivity contribution in [1.82, 2.24) is 10.0 Å². The van der Waals surface area contributed by atoms with Gasteiger partial charge in [-0.05, 0) is 0 Å². The van der Waals surface area contributed by atoms with Gasteiger partial charge in [-0.2, -0.15) is 0 Å². The summed E-state index contributed by atoms with van der Waals surface area (Å²) >= 11 is 0. The van der Waals surface area contributed by atoms with Crippen molar-refractivity contribution < 1.29 is 27.4 Å². The molecule has 9 nitrogen and oxygen atoms in total. The SMILES string of the molecule is COCCNCCNS(=O)(=O)c1cc2c(cc1OC)NC(=O)CO2. The lowest BCUT2D eigenvalue weighted by molar-refractivity contribution is -0.118. The molecule has 0 saturated heterocycles. The molecule has 0 aromatic heterocycles. The molecule has 2 rings (SSSR count). The minimum atomic E-state index is -3.78. The van der Waals surface area contributed by atoms with Crippen molar-refractivity contribution in [3.05, 3.63) is 12.1 Å². The number of carbonyl (C=O) groups excluding carboxylic acids is 1. The van der Waals surface area contributed by atoms with Gasteiger partial charge in [-0.3, -0.25) is 4.79 Å². The largest absolute Gasteiger partial charge is 0.495 e. The topological polar surface area (TPSA) is 115 Å². The molecule has 0 unspecified atom stereocenters. The van der Waals surface area contributed by atoms with Crippen molar-refractivity contribution in [2.45, 2.75) is 4.90 Å². The van der Waals surface area contributed by atoms with Crippen molar-refractivity contribution in [3.63, 3.8) is 0 Å². The molecule has 0 atom stereocenters. The second-order valence-electron chi connectivity index (χ2n) is 4.98. The number of sulfonamides is 1. The van der Waals surface area contributed by atoms with Gasteiger partial charge in [0.05, 0.1) is 19.4 Å². The molecule has 1 heterocycles. The molecule has 0 spiro atoms. The maximum Gasteiger partial charge on any atom is 0.262 e. The number of fused-ring (bicyclic) bond motifs is 1. The number of benzene rings is 1. The average Bonchev–Trinajstić information content (AvgIpc) is 2.56. The minimum absolute atomic E-state index is 0.0446. The zero-order chi connectivity index (χ0) is 17.6. The van der Waals surface area contributed by atoms with E-state index in [0.717, 1.165) is 0 Å². The van der Waals surface area contributed by atoms with Gasteiger partial charge in [-0.1, -0.05) is 0 Å². The maximum atomic E-state index is 12.5. The van der Waals surface area contributed by atoms with Gasteiger partial charge in [0.25, 0.3) is 5.91 Å². The number of ether oxygens (including phenoxy) is 3. The van der Waals surface area contributed by atoms with E-state index in [0.29, 0.717) is 25.4 Å². The third-order valence-electron chi connectivity index (χ3n) is 3.27. The molecule has 3 N–H and O–H groups in total. The molecule has 1 aliphatic heterocycles. The van der Waals surface area contributed by atoms with Crippen LogP contribution in [0.3, 0.4) is 0 Å². The first-order valence-corrected chi connectivity index (χ1v) is 8.80. The highest BCUT2D eigenvalue weighted by atomic mass is 32.2. The minimum Gasteiger partial charge on any atom is -0.495 e. The van der Waals surface area contributed by atoms with E-state index in [2.05, 4.69) is 15.4 Å². The molecule has 0 saturated carbocycles. The second kappa shape index (κ2) is 8.29. The van der Waals surface area contributed by atoms with Crippen molar-refractivity contribution >= 4 is 21.6 Å². The van der Waals surface area contributed by atoms with Crippen LogP contribution in [0.1, 0.15) is 0 Å². The Morgan fingerprint density at radius 1 is 1.25 bits per heavy atom. The van der Waals surface area contributed by atoms with E-state index in [-0.39, 0.29) is 35.5 Å². The van der Waals surface area contributed by atoms with E-state index in [1.165, 1.54) is 19.2 Å². The summed E-state index contributed by atoms with van der Waals surface area (Å²) in [5, 5.41) is 5.64. The number of amides is 1. The number of carbonyl (C=O) groups is 1. The highest BCUT2D eigenvalue weighted by Crippen LogP contribution is 2.36. The Labute approximate surface area is 140 Å². The predicted octanol–water partition coefficient (Wildman–Crippen LogP) is -0.460. The Bertz CT molecular complexity index is 692. The first-order valence-electron chi connectivity index (χ1n) is 7.32. The first-order chi connectivity index (χ1) is 11.5. The zero-order valence-electron chi connectivity index (χ0n) is 13.5. The van der Waals surface area contributed by atoms with Crippen LogP contribution in [0.25, 0.3) is 0 Å². The fraction of sp³-hybridized carbons (Fsp3) is 0.500. The molecule has 1 aromatic carbocycles. The van der Waals surface area contributed by atoms with E-state index < -0.39 is 10.0 Å². The first kappa shape index (κ1) is 18.5. The van der Waals surface area contributed by atoms with Crippen LogP contribution >= 0.6 is 0 Å². The van der Waals surface area contributed by atoms with E-state index in [1.807, 2.05) is 0 Å². The molecule has 10 heteroatoms. The number of hydrogen-bond acceptors (Lipinski definition) is 7. The quantitative estimate of drug-likeness (QED) is 0.511. The van der Waals surface area contributed by atoms with Crippen molar-refractivity contribution in [2.24, 2.45) is 0 Å². The van der Waals surface area contributed by atoms with Crippen molar-refractivity contribution in [1.29, 1.82) is 0 Å². The number of hydrogen-bond donors (Lipinski definition) is 3. The Morgan fingerprint density at radius 3 is 2.75 bits per heavy atom. The summed E-state index contributed by atoms with van der Waals surface area (Å²) in [6.45, 7) is 1.70. The summed E-state index contributed by atoms with van der Waals surface area (Å²) in [6.07, 6.45) is 0. The molecule has 0 radical (unpaired) electrons. The van der Waals surface area contributed by atoms with Crippen LogP contribution in [0.5, 0.6) is 11.5 Å². The number of nitrogens with one attached hydrogen (secondary N) is 3. The highest BCUT2D eigenvalue weighted by Gasteiger charge is 2.25. The number of methoxy groups -OCH3 is 2. The number of anilines is 1. The highest BCUT2D eigenvalue weighted by molar-refractivity contribution is 7.89. The monoisotopic (exact) mass is 359 g/mol. The van der Waals surface area contributed by atoms with Crippen molar-refractivity contribution in [2.75, 3.05) is 52.4 Å². The van der Waals surface area contributed by atoms with Crippen LogP contribution < -0.4 is 24.8 Å². The van der Waals surface area contributed by atoms with E-state index in [4.69, 9.17) is 14.2 Å². The van der Waals surface area contributed by atoms with E-state index in [9.17, 15) is 13.2 Å². The molecule has 0 bridgehead atoms. The van der Waals surface area contributed by atoms with Crippen LogP contribution in [0, 0.1) is 0 Å². The summed E-state index contributed by atoms with van der Waals surface area (Å²) in [5.74, 6) is 0.105. The van der Waals surface area contributed by atoms with Gasteiger partial charge in [-0.25, -0.2) is 13.1 Å². The lowest BCUT2D eigenvalue weighted by Gasteiger charge is -2.20. The van der Waals surface area contributed by atoms with Gasteiger partial charge in [0.1, 0.15) is 16.4 Å². The standard InChI is InChI=1S/C14H21N3O6S/c1-21-6-5-15-3-4-16-24(19,20)13-8-11-10(7-12(13)22-2)17-14(18)9-23-11/h7-8,15-16H,3-6,9H2,1-2H3,(H,17,18). The van der Waals surface area contributed by atoms with Gasteiger partial charge >= 0.3 is 0 Å². The average molecular weight is 359 g/mol. The van der Waals surface area contributed by atoms with Crippen LogP contribution in [0.15, 0.2) is 17.0 Å². The maximum absolute atomic E-state index is 12.5. The van der Waals surface area contributed by atoms with Gasteiger partial charge in [0.2, 0.25) is 10.0 Å². The van der Waals surface area contributed by atoms with E-state index >= 15 is 0 Å². The molecular weight excluding hydrogens is 338 g/mol. The summed E-state index contributed by atoms with van der Waals surface area (Å²) in [7, 11) is -0.828. The predicted molar refractivity (Wildman–Crippen MR) is 87.1 cm³/mol. The molecular formula is C14H21N3O6S. The molecule has 0 fully saturated rings. The fourth-order valence-electron chi connectivity index (χ4n) is 2.11. The smallest absolute Gasteiger partial charge is 0.262 e. The van der Waals surface area contributed by atoms with Crippen LogP contribution in [0.2, 0.25) is 0 Å². The van der Waals surface area contributed by atoms with Crippen LogP contribution in [-0.4, -0.2) is 61.4 Å². The van der Waals surface area contributed by atoms with Crippen LogP contribution in [-0.2, 0) is 19.6 Å². The third-order valence-corrected chi connectivity index (χ3v) is 4.75. The molecule has 134 valence electrons. The summed E-state index contributed by atoms with van der Waals surface area (Å²) in [4.78, 5) is 11.3. The second-order valence-corrected chi connectivity index (χ2v) is 6.71. The lowest BCUT2D eigenvalue weighted by atomic mass is 10.2. The molecule has 1 amide bonds.